The molecule has 1 aliphatic carbocycles. The highest BCUT2D eigenvalue weighted by molar-refractivity contribution is 5.89. The summed E-state index contributed by atoms with van der Waals surface area (Å²) in [5.74, 6) is 0.680. The summed E-state index contributed by atoms with van der Waals surface area (Å²) < 4.78 is 5.93. The molecule has 5 heteroatoms. The number of aryl methyl sites for hydroxylation is 2. The van der Waals surface area contributed by atoms with E-state index in [1.165, 1.54) is 0 Å². The first kappa shape index (κ1) is 17.3. The summed E-state index contributed by atoms with van der Waals surface area (Å²) in [5.41, 5.74) is 3.07. The number of hydrogen-bond donors (Lipinski definition) is 2. The molecule has 0 spiro atoms. The molecular weight excluding hydrogens is 314 g/mol. The van der Waals surface area contributed by atoms with Crippen LogP contribution in [0.25, 0.3) is 0 Å². The molecule has 2 amide bonds. The predicted octanol–water partition coefficient (Wildman–Crippen LogP) is 4.21. The number of urea groups is 1. The topological polar surface area (TPSA) is 63.2 Å². The molecule has 1 aromatic carbocycles. The molecule has 1 aromatic heterocycles. The minimum atomic E-state index is -0.143. The van der Waals surface area contributed by atoms with Crippen LogP contribution in [0.5, 0.6) is 5.88 Å². The molecule has 2 aromatic rings. The normalized spacial score (nSPS) is 19.9. The maximum atomic E-state index is 12.1. The molecular formula is C20H25N3O2. The van der Waals surface area contributed by atoms with E-state index in [1.807, 2.05) is 56.4 Å². The van der Waals surface area contributed by atoms with E-state index in [0.29, 0.717) is 5.88 Å². The fourth-order valence-electron chi connectivity index (χ4n) is 3.10. The molecule has 0 unspecified atom stereocenters. The van der Waals surface area contributed by atoms with Gasteiger partial charge in [0.1, 0.15) is 6.10 Å². The number of rotatable bonds is 4. The van der Waals surface area contributed by atoms with Crippen LogP contribution in [-0.2, 0) is 0 Å². The third kappa shape index (κ3) is 5.21. The van der Waals surface area contributed by atoms with Gasteiger partial charge in [0.05, 0.1) is 0 Å². The van der Waals surface area contributed by atoms with Gasteiger partial charge < -0.3 is 15.4 Å². The third-order valence-corrected chi connectivity index (χ3v) is 4.46. The summed E-state index contributed by atoms with van der Waals surface area (Å²) in [5, 5.41) is 5.95. The van der Waals surface area contributed by atoms with E-state index in [-0.39, 0.29) is 18.2 Å². The van der Waals surface area contributed by atoms with Gasteiger partial charge in [0.2, 0.25) is 5.88 Å². The van der Waals surface area contributed by atoms with Gasteiger partial charge in [-0.05, 0) is 62.8 Å². The van der Waals surface area contributed by atoms with Crippen LogP contribution < -0.4 is 15.4 Å². The van der Waals surface area contributed by atoms with E-state index in [0.717, 1.165) is 42.5 Å². The number of nitrogens with one attached hydrogen (secondary N) is 2. The lowest BCUT2D eigenvalue weighted by Crippen LogP contribution is -2.41. The van der Waals surface area contributed by atoms with Gasteiger partial charge in [-0.1, -0.05) is 18.2 Å². The van der Waals surface area contributed by atoms with Crippen molar-refractivity contribution in [2.24, 2.45) is 0 Å². The molecule has 3 rings (SSSR count). The Balaban J connectivity index is 1.42. The van der Waals surface area contributed by atoms with E-state index in [9.17, 15) is 4.79 Å². The first-order chi connectivity index (χ1) is 12.1. The van der Waals surface area contributed by atoms with E-state index in [1.54, 1.807) is 0 Å². The van der Waals surface area contributed by atoms with Crippen molar-refractivity contribution in [3.63, 3.8) is 0 Å². The Labute approximate surface area is 148 Å². The Bertz CT molecular complexity index is 707. The number of anilines is 1. The largest absolute Gasteiger partial charge is 0.474 e. The van der Waals surface area contributed by atoms with Crippen molar-refractivity contribution in [2.75, 3.05) is 5.32 Å². The summed E-state index contributed by atoms with van der Waals surface area (Å²) in [6, 6.07) is 11.8. The second kappa shape index (κ2) is 8.01. The minimum absolute atomic E-state index is 0.143. The zero-order valence-electron chi connectivity index (χ0n) is 14.8. The van der Waals surface area contributed by atoms with Crippen molar-refractivity contribution in [3.05, 3.63) is 53.7 Å². The Morgan fingerprint density at radius 2 is 1.88 bits per heavy atom. The maximum Gasteiger partial charge on any atom is 0.319 e. The van der Waals surface area contributed by atoms with E-state index in [2.05, 4.69) is 15.6 Å². The molecule has 0 bridgehead atoms. The number of pyridine rings is 1. The van der Waals surface area contributed by atoms with Gasteiger partial charge in [0, 0.05) is 24.0 Å². The number of aromatic nitrogens is 1. The fraction of sp³-hybridized carbons (Fsp3) is 0.400. The molecule has 5 nitrogen and oxygen atoms in total. The first-order valence-corrected chi connectivity index (χ1v) is 8.82. The lowest BCUT2D eigenvalue weighted by Gasteiger charge is -2.29. The molecule has 1 saturated carbocycles. The maximum absolute atomic E-state index is 12.1. The van der Waals surface area contributed by atoms with Gasteiger partial charge in [-0.3, -0.25) is 0 Å². The standard InChI is InChI=1S/C20H25N3O2/c1-14-4-3-5-17(12-14)23-20(24)22-16-7-9-18(10-8-16)25-19-11-6-15(2)13-21-19/h3-6,11-13,16,18H,7-10H2,1-2H3,(H2,22,23,24). The average Bonchev–Trinajstić information content (AvgIpc) is 2.59. The highest BCUT2D eigenvalue weighted by Crippen LogP contribution is 2.23. The van der Waals surface area contributed by atoms with Crippen LogP contribution >= 0.6 is 0 Å². The average molecular weight is 339 g/mol. The van der Waals surface area contributed by atoms with Crippen molar-refractivity contribution in [2.45, 2.75) is 51.7 Å². The van der Waals surface area contributed by atoms with E-state index >= 15 is 0 Å². The first-order valence-electron chi connectivity index (χ1n) is 8.82. The lowest BCUT2D eigenvalue weighted by molar-refractivity contribution is 0.135. The lowest BCUT2D eigenvalue weighted by atomic mass is 9.93. The fourth-order valence-corrected chi connectivity index (χ4v) is 3.10. The zero-order valence-corrected chi connectivity index (χ0v) is 14.8. The second-order valence-electron chi connectivity index (χ2n) is 6.73. The molecule has 1 aliphatic rings. The van der Waals surface area contributed by atoms with Crippen LogP contribution in [0, 0.1) is 13.8 Å². The van der Waals surface area contributed by atoms with Crippen molar-refractivity contribution < 1.29 is 9.53 Å². The Morgan fingerprint density at radius 3 is 2.56 bits per heavy atom. The number of benzene rings is 1. The molecule has 132 valence electrons. The molecule has 0 saturated heterocycles. The van der Waals surface area contributed by atoms with Gasteiger partial charge >= 0.3 is 6.03 Å². The zero-order chi connectivity index (χ0) is 17.6. The number of carbonyl (C=O) groups is 1. The smallest absolute Gasteiger partial charge is 0.319 e. The minimum Gasteiger partial charge on any atom is -0.474 e. The number of amides is 2. The monoisotopic (exact) mass is 339 g/mol. The third-order valence-electron chi connectivity index (χ3n) is 4.46. The number of hydrogen-bond acceptors (Lipinski definition) is 3. The molecule has 0 aliphatic heterocycles. The van der Waals surface area contributed by atoms with Gasteiger partial charge in [-0.15, -0.1) is 0 Å². The van der Waals surface area contributed by atoms with E-state index < -0.39 is 0 Å². The van der Waals surface area contributed by atoms with Crippen molar-refractivity contribution in [3.8, 4) is 5.88 Å². The SMILES string of the molecule is Cc1ccc(OC2CCC(NC(=O)Nc3cccc(C)c3)CC2)nc1. The Morgan fingerprint density at radius 1 is 1.08 bits per heavy atom. The summed E-state index contributed by atoms with van der Waals surface area (Å²) in [6.07, 6.45) is 5.66. The summed E-state index contributed by atoms with van der Waals surface area (Å²) in [6.45, 7) is 4.02. The van der Waals surface area contributed by atoms with Crippen LogP contribution in [0.15, 0.2) is 42.6 Å². The van der Waals surface area contributed by atoms with Gasteiger partial charge in [0.25, 0.3) is 0 Å². The number of nitrogens with zero attached hydrogens (tertiary/aromatic N) is 1. The van der Waals surface area contributed by atoms with Crippen LogP contribution in [0.4, 0.5) is 10.5 Å². The van der Waals surface area contributed by atoms with Crippen LogP contribution in [0.3, 0.4) is 0 Å². The van der Waals surface area contributed by atoms with Crippen LogP contribution in [-0.4, -0.2) is 23.2 Å². The van der Waals surface area contributed by atoms with E-state index in [4.69, 9.17) is 4.74 Å². The number of ether oxygens (including phenoxy) is 1. The molecule has 0 radical (unpaired) electrons. The molecule has 1 fully saturated rings. The van der Waals surface area contributed by atoms with Crippen LogP contribution in [0.1, 0.15) is 36.8 Å². The molecule has 2 N–H and O–H groups in total. The predicted molar refractivity (Wildman–Crippen MR) is 99.0 cm³/mol. The highest BCUT2D eigenvalue weighted by Gasteiger charge is 2.23. The summed E-state index contributed by atoms with van der Waals surface area (Å²) >= 11 is 0. The van der Waals surface area contributed by atoms with Gasteiger partial charge in [0.15, 0.2) is 0 Å². The molecule has 25 heavy (non-hydrogen) atoms. The Kier molecular flexibility index (Phi) is 5.53. The van der Waals surface area contributed by atoms with Crippen molar-refractivity contribution in [1.82, 2.24) is 10.3 Å². The molecule has 0 atom stereocenters. The second-order valence-corrected chi connectivity index (χ2v) is 6.73. The number of carbonyl (C=O) groups excluding carboxylic acids is 1. The highest BCUT2D eigenvalue weighted by atomic mass is 16.5. The summed E-state index contributed by atoms with van der Waals surface area (Å²) in [4.78, 5) is 16.4. The summed E-state index contributed by atoms with van der Waals surface area (Å²) in [7, 11) is 0. The molecule has 1 heterocycles. The van der Waals surface area contributed by atoms with Crippen LogP contribution in [0.2, 0.25) is 0 Å². The van der Waals surface area contributed by atoms with Crippen molar-refractivity contribution in [1.29, 1.82) is 0 Å². The van der Waals surface area contributed by atoms with Crippen molar-refractivity contribution >= 4 is 11.7 Å². The van der Waals surface area contributed by atoms with Gasteiger partial charge in [-0.2, -0.15) is 0 Å². The Hall–Kier alpha value is -2.56. The quantitative estimate of drug-likeness (QED) is 0.877. The van der Waals surface area contributed by atoms with Gasteiger partial charge in [-0.25, -0.2) is 9.78 Å².